The molecule has 0 saturated carbocycles. The first-order valence-corrected chi connectivity index (χ1v) is 4.39. The molecular weight excluding hydrogens is 200 g/mol. The molecule has 80 valence electrons. The lowest BCUT2D eigenvalue weighted by atomic mass is 10.2. The van der Waals surface area contributed by atoms with E-state index in [9.17, 15) is 5.11 Å². The molecule has 8 heteroatoms. The molecule has 0 aliphatic heterocycles. The fraction of sp³-hybridized carbons (Fsp3) is 0.429. The predicted molar refractivity (Wildman–Crippen MR) is 48.3 cm³/mol. The second kappa shape index (κ2) is 4.15. The number of aromatic nitrogens is 5. The Morgan fingerprint density at radius 2 is 2.47 bits per heavy atom. The standard InChI is InChI=1S/C7H10N6O2/c8-2-1-5(14)7-10-6(12-15-7)4-3-9-13-11-4/h3,5,14H,1-2,8H2,(H,9,11,13). The Kier molecular flexibility index (Phi) is 2.70. The van der Waals surface area contributed by atoms with Gasteiger partial charge in [-0.3, -0.25) is 0 Å². The Hall–Kier alpha value is -1.80. The lowest BCUT2D eigenvalue weighted by Crippen LogP contribution is -2.06. The zero-order valence-electron chi connectivity index (χ0n) is 7.79. The fourth-order valence-corrected chi connectivity index (χ4v) is 1.07. The summed E-state index contributed by atoms with van der Waals surface area (Å²) in [6, 6.07) is 0. The third-order valence-corrected chi connectivity index (χ3v) is 1.81. The second-order valence-electron chi connectivity index (χ2n) is 2.90. The van der Waals surface area contributed by atoms with E-state index in [1.54, 1.807) is 0 Å². The van der Waals surface area contributed by atoms with E-state index in [1.807, 2.05) is 0 Å². The molecule has 0 aromatic carbocycles. The minimum absolute atomic E-state index is 0.137. The van der Waals surface area contributed by atoms with Gasteiger partial charge >= 0.3 is 0 Å². The Balaban J connectivity index is 2.17. The van der Waals surface area contributed by atoms with E-state index in [0.29, 0.717) is 18.7 Å². The minimum Gasteiger partial charge on any atom is -0.383 e. The Morgan fingerprint density at radius 3 is 3.13 bits per heavy atom. The van der Waals surface area contributed by atoms with Gasteiger partial charge in [-0.1, -0.05) is 5.16 Å². The van der Waals surface area contributed by atoms with Crippen molar-refractivity contribution < 1.29 is 9.63 Å². The van der Waals surface area contributed by atoms with Crippen molar-refractivity contribution in [1.29, 1.82) is 0 Å². The quantitative estimate of drug-likeness (QED) is 0.605. The van der Waals surface area contributed by atoms with Crippen LogP contribution in [-0.2, 0) is 0 Å². The van der Waals surface area contributed by atoms with Crippen LogP contribution in [0.1, 0.15) is 18.4 Å². The largest absolute Gasteiger partial charge is 0.383 e. The van der Waals surface area contributed by atoms with Crippen LogP contribution in [-0.4, -0.2) is 37.2 Å². The molecule has 2 heterocycles. The highest BCUT2D eigenvalue weighted by Gasteiger charge is 2.17. The van der Waals surface area contributed by atoms with Crippen molar-refractivity contribution >= 4 is 0 Å². The second-order valence-corrected chi connectivity index (χ2v) is 2.90. The lowest BCUT2D eigenvalue weighted by molar-refractivity contribution is 0.127. The monoisotopic (exact) mass is 210 g/mol. The van der Waals surface area contributed by atoms with Crippen molar-refractivity contribution in [3.63, 3.8) is 0 Å². The molecule has 2 aromatic rings. The minimum atomic E-state index is -0.830. The van der Waals surface area contributed by atoms with E-state index in [0.717, 1.165) is 0 Å². The van der Waals surface area contributed by atoms with Crippen molar-refractivity contribution in [1.82, 2.24) is 25.6 Å². The molecule has 0 fully saturated rings. The third kappa shape index (κ3) is 2.00. The van der Waals surface area contributed by atoms with Crippen LogP contribution in [0.5, 0.6) is 0 Å². The maximum Gasteiger partial charge on any atom is 0.255 e. The Morgan fingerprint density at radius 1 is 1.60 bits per heavy atom. The van der Waals surface area contributed by atoms with E-state index in [4.69, 9.17) is 10.3 Å². The van der Waals surface area contributed by atoms with Gasteiger partial charge in [-0.25, -0.2) is 0 Å². The molecule has 2 rings (SSSR count). The van der Waals surface area contributed by atoms with Crippen LogP contribution in [0.3, 0.4) is 0 Å². The van der Waals surface area contributed by atoms with Crippen molar-refractivity contribution in [2.45, 2.75) is 12.5 Å². The molecule has 4 N–H and O–H groups in total. The fourth-order valence-electron chi connectivity index (χ4n) is 1.07. The summed E-state index contributed by atoms with van der Waals surface area (Å²) >= 11 is 0. The first-order chi connectivity index (χ1) is 7.31. The van der Waals surface area contributed by atoms with Crippen LogP contribution in [0, 0.1) is 0 Å². The molecule has 1 atom stereocenters. The average Bonchev–Trinajstić information content (AvgIpc) is 2.89. The van der Waals surface area contributed by atoms with Crippen molar-refractivity contribution in [2.75, 3.05) is 6.54 Å². The highest BCUT2D eigenvalue weighted by molar-refractivity contribution is 5.44. The summed E-state index contributed by atoms with van der Waals surface area (Å²) in [6.45, 7) is 0.350. The number of H-pyrrole nitrogens is 1. The summed E-state index contributed by atoms with van der Waals surface area (Å²) in [5, 5.41) is 23.0. The van der Waals surface area contributed by atoms with Crippen LogP contribution in [0.2, 0.25) is 0 Å². The number of nitrogens with zero attached hydrogens (tertiary/aromatic N) is 4. The molecular formula is C7H10N6O2. The number of rotatable bonds is 4. The van der Waals surface area contributed by atoms with Crippen molar-refractivity contribution in [3.8, 4) is 11.5 Å². The molecule has 0 aliphatic rings. The van der Waals surface area contributed by atoms with E-state index in [2.05, 4.69) is 25.6 Å². The molecule has 0 aliphatic carbocycles. The van der Waals surface area contributed by atoms with Gasteiger partial charge in [0.15, 0.2) is 5.69 Å². The SMILES string of the molecule is NCCC(O)c1nc(-c2cn[nH]n2)no1. The van der Waals surface area contributed by atoms with Gasteiger partial charge in [0.05, 0.1) is 6.20 Å². The molecule has 0 bridgehead atoms. The summed E-state index contributed by atoms with van der Waals surface area (Å²) in [7, 11) is 0. The van der Waals surface area contributed by atoms with E-state index in [1.165, 1.54) is 6.20 Å². The topological polar surface area (TPSA) is 127 Å². The van der Waals surface area contributed by atoms with Gasteiger partial charge in [0.2, 0.25) is 5.82 Å². The number of nitrogens with one attached hydrogen (secondary N) is 1. The molecule has 0 spiro atoms. The predicted octanol–water partition coefficient (Wildman–Crippen LogP) is -0.763. The maximum absolute atomic E-state index is 9.51. The highest BCUT2D eigenvalue weighted by atomic mass is 16.5. The molecule has 2 aromatic heterocycles. The van der Waals surface area contributed by atoms with Crippen LogP contribution < -0.4 is 5.73 Å². The number of hydrogen-bond acceptors (Lipinski definition) is 7. The van der Waals surface area contributed by atoms with Crippen LogP contribution in [0.4, 0.5) is 0 Å². The van der Waals surface area contributed by atoms with Gasteiger partial charge in [-0.15, -0.1) is 0 Å². The zero-order valence-corrected chi connectivity index (χ0v) is 7.79. The van der Waals surface area contributed by atoms with Crippen LogP contribution >= 0.6 is 0 Å². The normalized spacial score (nSPS) is 12.9. The summed E-state index contributed by atoms with van der Waals surface area (Å²) in [6.07, 6.45) is 1.01. The average molecular weight is 210 g/mol. The maximum atomic E-state index is 9.51. The number of aliphatic hydroxyl groups excluding tert-OH is 1. The molecule has 15 heavy (non-hydrogen) atoms. The van der Waals surface area contributed by atoms with Gasteiger partial charge in [0.1, 0.15) is 6.10 Å². The molecule has 1 unspecified atom stereocenters. The lowest BCUT2D eigenvalue weighted by Gasteiger charge is -2.00. The highest BCUT2D eigenvalue weighted by Crippen LogP contribution is 2.17. The number of nitrogens with two attached hydrogens (primary N) is 1. The molecule has 0 radical (unpaired) electrons. The van der Waals surface area contributed by atoms with Gasteiger partial charge in [-0.2, -0.15) is 20.4 Å². The first-order valence-electron chi connectivity index (χ1n) is 4.39. The smallest absolute Gasteiger partial charge is 0.255 e. The number of aliphatic hydroxyl groups is 1. The van der Waals surface area contributed by atoms with Crippen LogP contribution in [0.25, 0.3) is 11.5 Å². The Labute approximate surface area is 84.5 Å². The molecule has 0 saturated heterocycles. The first kappa shape index (κ1) is 9.74. The number of aromatic amines is 1. The van der Waals surface area contributed by atoms with E-state index < -0.39 is 6.10 Å². The van der Waals surface area contributed by atoms with Gasteiger partial charge in [-0.05, 0) is 13.0 Å². The van der Waals surface area contributed by atoms with Gasteiger partial charge < -0.3 is 15.4 Å². The van der Waals surface area contributed by atoms with E-state index >= 15 is 0 Å². The van der Waals surface area contributed by atoms with Gasteiger partial charge in [0.25, 0.3) is 5.89 Å². The van der Waals surface area contributed by atoms with Gasteiger partial charge in [0, 0.05) is 0 Å². The van der Waals surface area contributed by atoms with Crippen LogP contribution in [0.15, 0.2) is 10.7 Å². The van der Waals surface area contributed by atoms with E-state index in [-0.39, 0.29) is 11.7 Å². The molecule has 8 nitrogen and oxygen atoms in total. The molecule has 0 amide bonds. The van der Waals surface area contributed by atoms with Crippen molar-refractivity contribution in [2.24, 2.45) is 5.73 Å². The summed E-state index contributed by atoms with van der Waals surface area (Å²) < 4.78 is 4.85. The summed E-state index contributed by atoms with van der Waals surface area (Å²) in [4.78, 5) is 3.97. The third-order valence-electron chi connectivity index (χ3n) is 1.81. The Bertz CT molecular complexity index is 411. The summed E-state index contributed by atoms with van der Waals surface area (Å²) in [5.74, 6) is 0.424. The number of hydrogen-bond donors (Lipinski definition) is 3. The summed E-state index contributed by atoms with van der Waals surface area (Å²) in [5.41, 5.74) is 5.75. The zero-order chi connectivity index (χ0) is 10.7. The van der Waals surface area contributed by atoms with Crippen molar-refractivity contribution in [3.05, 3.63) is 12.1 Å².